The van der Waals surface area contributed by atoms with E-state index in [0.717, 1.165) is 11.8 Å². The van der Waals surface area contributed by atoms with Crippen LogP contribution in [0.25, 0.3) is 11.4 Å². The first-order chi connectivity index (χ1) is 19.8. The summed E-state index contributed by atoms with van der Waals surface area (Å²) < 4.78 is 38.5. The van der Waals surface area contributed by atoms with Gasteiger partial charge in [0.2, 0.25) is 11.7 Å². The number of hydrogen-bond acceptors (Lipinski definition) is 9. The quantitative estimate of drug-likeness (QED) is 0.100. The van der Waals surface area contributed by atoms with E-state index >= 15 is 4.39 Å². The van der Waals surface area contributed by atoms with Gasteiger partial charge in [-0.2, -0.15) is 9.98 Å². The number of benzene rings is 2. The maximum Gasteiger partial charge on any atom is 0.432 e. The predicted molar refractivity (Wildman–Crippen MR) is 166 cm³/mol. The Balaban J connectivity index is 1.95. The maximum atomic E-state index is 16.0. The van der Waals surface area contributed by atoms with Crippen LogP contribution in [0.3, 0.4) is 0 Å². The molecule has 0 aliphatic heterocycles. The lowest BCUT2D eigenvalue weighted by Gasteiger charge is -2.36. The molecule has 0 saturated carbocycles. The minimum absolute atomic E-state index is 0.00115. The average Bonchev–Trinajstić information content (AvgIpc) is 3.37. The lowest BCUT2D eigenvalue weighted by atomic mass is 10.1. The van der Waals surface area contributed by atoms with Gasteiger partial charge in [-0.3, -0.25) is 0 Å². The fourth-order valence-electron chi connectivity index (χ4n) is 3.49. The van der Waals surface area contributed by atoms with Gasteiger partial charge in [0.05, 0.1) is 19.4 Å². The van der Waals surface area contributed by atoms with Crippen LogP contribution in [0.1, 0.15) is 38.6 Å². The van der Waals surface area contributed by atoms with Gasteiger partial charge in [0, 0.05) is 37.1 Å². The zero-order valence-electron chi connectivity index (χ0n) is 25.1. The second-order valence-corrected chi connectivity index (χ2v) is 16.5. The summed E-state index contributed by atoms with van der Waals surface area (Å²) in [6, 6.07) is 9.70. The molecule has 0 aliphatic rings. The molecule has 0 unspecified atom stereocenters. The molecule has 1 amide bonds. The molecular weight excluding hydrogens is 579 g/mol. The van der Waals surface area contributed by atoms with Gasteiger partial charge in [-0.1, -0.05) is 25.9 Å². The number of carbonyl (C=O) groups is 1. The Morgan fingerprint density at radius 1 is 1.17 bits per heavy atom. The molecule has 0 saturated heterocycles. The van der Waals surface area contributed by atoms with E-state index in [2.05, 4.69) is 54.0 Å². The summed E-state index contributed by atoms with van der Waals surface area (Å²) in [5, 5.41) is 13.4. The third-order valence-electron chi connectivity index (χ3n) is 6.81. The molecule has 0 atom stereocenters. The number of nitrogens with zero attached hydrogens (tertiary/aromatic N) is 4. The van der Waals surface area contributed by atoms with Crippen molar-refractivity contribution in [2.75, 3.05) is 26.6 Å². The summed E-state index contributed by atoms with van der Waals surface area (Å²) in [7, 11) is -0.465. The Morgan fingerprint density at radius 2 is 1.86 bits per heavy atom. The molecule has 2 aromatic carbocycles. The molecular formula is C29H37FN4O6SSi. The van der Waals surface area contributed by atoms with Crippen molar-refractivity contribution in [3.05, 3.63) is 53.7 Å². The van der Waals surface area contributed by atoms with Crippen LogP contribution in [0.4, 0.5) is 14.9 Å². The maximum absolute atomic E-state index is 16.0. The van der Waals surface area contributed by atoms with Crippen LogP contribution in [0.5, 0.6) is 11.5 Å². The van der Waals surface area contributed by atoms with Gasteiger partial charge in [-0.05, 0) is 54.7 Å². The third kappa shape index (κ3) is 8.49. The highest BCUT2D eigenvalue weighted by atomic mass is 32.2. The van der Waals surface area contributed by atoms with Crippen molar-refractivity contribution in [3.8, 4) is 22.9 Å². The van der Waals surface area contributed by atoms with E-state index in [-0.39, 0.29) is 33.7 Å². The van der Waals surface area contributed by atoms with Crippen LogP contribution < -0.4 is 9.47 Å². The number of carboxylic acid groups (broad SMARTS) is 1. The Kier molecular flexibility index (Phi) is 11.0. The van der Waals surface area contributed by atoms with Crippen molar-refractivity contribution in [2.45, 2.75) is 52.2 Å². The van der Waals surface area contributed by atoms with Crippen molar-refractivity contribution < 1.29 is 32.7 Å². The summed E-state index contributed by atoms with van der Waals surface area (Å²) in [5.74, 6) is 0.383. The minimum Gasteiger partial charge on any atom is -0.497 e. The second kappa shape index (κ2) is 14.1. The number of ether oxygens (including phenoxy) is 2. The van der Waals surface area contributed by atoms with Crippen molar-refractivity contribution in [1.29, 1.82) is 0 Å². The minimum atomic E-state index is -1.91. The number of amides is 1. The molecule has 3 rings (SSSR count). The number of aliphatic imine (C=N–C) groups is 2. The first-order valence-electron chi connectivity index (χ1n) is 13.3. The van der Waals surface area contributed by atoms with E-state index in [0.29, 0.717) is 41.7 Å². The summed E-state index contributed by atoms with van der Waals surface area (Å²) in [5.41, 5.74) is 1.11. The zero-order valence-corrected chi connectivity index (χ0v) is 27.0. The van der Waals surface area contributed by atoms with Gasteiger partial charge >= 0.3 is 6.09 Å². The Labute approximate surface area is 250 Å². The molecule has 0 bridgehead atoms. The van der Waals surface area contributed by atoms with Gasteiger partial charge < -0.3 is 23.5 Å². The van der Waals surface area contributed by atoms with E-state index in [4.69, 9.17) is 18.4 Å². The predicted octanol–water partition coefficient (Wildman–Crippen LogP) is 7.54. The fraction of sp³-hybridized carbons (Fsp3) is 0.414. The number of aromatic nitrogens is 2. The van der Waals surface area contributed by atoms with Gasteiger partial charge in [0.25, 0.3) is 0 Å². The van der Waals surface area contributed by atoms with Crippen LogP contribution in [-0.2, 0) is 4.43 Å². The number of thioether (sulfide) groups is 1. The van der Waals surface area contributed by atoms with Crippen LogP contribution in [0.2, 0.25) is 18.1 Å². The first-order valence-corrected chi connectivity index (χ1v) is 17.4. The van der Waals surface area contributed by atoms with Crippen LogP contribution in [0.15, 0.2) is 50.9 Å². The molecule has 0 spiro atoms. The van der Waals surface area contributed by atoms with Crippen molar-refractivity contribution in [3.63, 3.8) is 0 Å². The number of hydrogen-bond donors (Lipinski definition) is 1. The molecule has 10 nitrogen and oxygen atoms in total. The molecule has 13 heteroatoms. The molecule has 42 heavy (non-hydrogen) atoms. The Morgan fingerprint density at radius 3 is 2.40 bits per heavy atom. The number of aryl methyl sites for hydroxylation is 1. The Bertz CT molecular complexity index is 1450. The molecule has 226 valence electrons. The SMILES string of the molecule is COc1cc(OCCCO[Si](C)(C)C(C)(C)C)c(F)c(C(=Nc2ccc(-c3noc(C)n3)cc2)C(=NC(=O)O)SC)c1. The van der Waals surface area contributed by atoms with Gasteiger partial charge in [0.15, 0.2) is 19.9 Å². The molecule has 1 aromatic heterocycles. The van der Waals surface area contributed by atoms with Gasteiger partial charge in [-0.15, -0.1) is 11.8 Å². The molecule has 1 N–H and O–H groups in total. The topological polar surface area (TPSA) is 129 Å². The molecule has 0 radical (unpaired) electrons. The highest BCUT2D eigenvalue weighted by molar-refractivity contribution is 8.15. The first kappa shape index (κ1) is 33.0. The van der Waals surface area contributed by atoms with Crippen LogP contribution in [-0.4, -0.2) is 67.0 Å². The van der Waals surface area contributed by atoms with E-state index in [1.54, 1.807) is 37.4 Å². The number of halogens is 1. The summed E-state index contributed by atoms with van der Waals surface area (Å²) >= 11 is 1.02. The van der Waals surface area contributed by atoms with E-state index in [1.165, 1.54) is 19.2 Å². The standard InChI is InChI=1S/C29H37FN4O6SSi/c1-18-31-26(34-40-18)19-10-12-20(13-11-19)32-25(27(41-6)33-28(35)36)22-16-21(37-5)17-23(24(22)30)38-14-9-15-39-42(7,8)29(2,3)4/h10-13,16-17H,9,14-15H2,1-8H3,(H,35,36). The fourth-order valence-corrected chi connectivity index (χ4v) is 5.09. The Hall–Kier alpha value is -3.55. The monoisotopic (exact) mass is 616 g/mol. The van der Waals surface area contributed by atoms with Crippen molar-refractivity contribution in [2.24, 2.45) is 9.98 Å². The largest absolute Gasteiger partial charge is 0.497 e. The molecule has 3 aromatic rings. The van der Waals surface area contributed by atoms with Gasteiger partial charge in [-0.25, -0.2) is 14.2 Å². The highest BCUT2D eigenvalue weighted by Crippen LogP contribution is 2.36. The van der Waals surface area contributed by atoms with Crippen molar-refractivity contribution in [1.82, 2.24) is 10.1 Å². The summed E-state index contributed by atoms with van der Waals surface area (Å²) in [6.07, 6.45) is 0.760. The smallest absolute Gasteiger partial charge is 0.432 e. The lowest BCUT2D eigenvalue weighted by Crippen LogP contribution is -2.41. The second-order valence-electron chi connectivity index (χ2n) is 10.8. The molecule has 1 heterocycles. The van der Waals surface area contributed by atoms with E-state index < -0.39 is 20.2 Å². The summed E-state index contributed by atoms with van der Waals surface area (Å²) in [6.45, 7) is 13.2. The van der Waals surface area contributed by atoms with Crippen LogP contribution >= 0.6 is 11.8 Å². The number of rotatable bonds is 11. The van der Waals surface area contributed by atoms with E-state index in [1.807, 2.05) is 0 Å². The lowest BCUT2D eigenvalue weighted by molar-refractivity contribution is 0.206. The van der Waals surface area contributed by atoms with E-state index in [9.17, 15) is 9.90 Å². The summed E-state index contributed by atoms with van der Waals surface area (Å²) in [4.78, 5) is 24.0. The highest BCUT2D eigenvalue weighted by Gasteiger charge is 2.36. The van der Waals surface area contributed by atoms with Crippen LogP contribution in [0, 0.1) is 12.7 Å². The normalized spacial score (nSPS) is 12.9. The number of methoxy groups -OCH3 is 1. The zero-order chi connectivity index (χ0) is 31.1. The molecule has 0 aliphatic carbocycles. The third-order valence-corrected chi connectivity index (χ3v) is 12.0. The average molecular weight is 617 g/mol. The molecule has 0 fully saturated rings. The van der Waals surface area contributed by atoms with Gasteiger partial charge in [0.1, 0.15) is 16.5 Å². The van der Waals surface area contributed by atoms with Crippen molar-refractivity contribution >= 4 is 42.6 Å².